The van der Waals surface area contributed by atoms with E-state index in [1.54, 1.807) is 12.1 Å². The van der Waals surface area contributed by atoms with E-state index in [4.69, 9.17) is 5.11 Å². The van der Waals surface area contributed by atoms with E-state index in [0.29, 0.717) is 0 Å². The summed E-state index contributed by atoms with van der Waals surface area (Å²) >= 11 is 0. The number of hydrogen-bond donors (Lipinski definition) is 1. The standard InChI is InChI=1S/C14H17F3O2/c1-8(2)10-4-6-11(7-5-10)12(13(18)19)9(3)14(15,16)17/h4-9,12H,1-3H3,(H,18,19). The SMILES string of the molecule is CC(C)c1ccc(C(C(=O)O)C(C)C(F)(F)F)cc1. The molecule has 5 heteroatoms. The van der Waals surface area contributed by atoms with E-state index in [0.717, 1.165) is 12.5 Å². The zero-order chi connectivity index (χ0) is 14.8. The third-order valence-electron chi connectivity index (χ3n) is 3.24. The van der Waals surface area contributed by atoms with Crippen LogP contribution in [0.5, 0.6) is 0 Å². The van der Waals surface area contributed by atoms with Gasteiger partial charge < -0.3 is 5.11 Å². The van der Waals surface area contributed by atoms with E-state index in [-0.39, 0.29) is 11.5 Å². The second-order valence-electron chi connectivity index (χ2n) is 4.97. The quantitative estimate of drug-likeness (QED) is 0.894. The highest BCUT2D eigenvalue weighted by Gasteiger charge is 2.44. The summed E-state index contributed by atoms with van der Waals surface area (Å²) in [5, 5.41) is 9.04. The average molecular weight is 274 g/mol. The number of alkyl halides is 3. The molecule has 1 N–H and O–H groups in total. The minimum absolute atomic E-state index is 0.182. The molecule has 0 saturated carbocycles. The maximum absolute atomic E-state index is 12.7. The summed E-state index contributed by atoms with van der Waals surface area (Å²) in [6.07, 6.45) is -4.53. The zero-order valence-electron chi connectivity index (χ0n) is 11.0. The Morgan fingerprint density at radius 3 is 1.79 bits per heavy atom. The van der Waals surface area contributed by atoms with Crippen molar-refractivity contribution < 1.29 is 23.1 Å². The smallest absolute Gasteiger partial charge is 0.392 e. The predicted octanol–water partition coefficient (Wildman–Crippen LogP) is 4.18. The summed E-state index contributed by atoms with van der Waals surface area (Å²) < 4.78 is 38.1. The molecule has 1 aromatic rings. The van der Waals surface area contributed by atoms with Gasteiger partial charge in [-0.25, -0.2) is 0 Å². The van der Waals surface area contributed by atoms with E-state index in [2.05, 4.69) is 0 Å². The molecule has 2 nitrogen and oxygen atoms in total. The van der Waals surface area contributed by atoms with Crippen LogP contribution in [-0.4, -0.2) is 17.3 Å². The van der Waals surface area contributed by atoms with Crippen molar-refractivity contribution in [3.63, 3.8) is 0 Å². The van der Waals surface area contributed by atoms with Crippen LogP contribution in [0.1, 0.15) is 43.7 Å². The lowest BCUT2D eigenvalue weighted by Gasteiger charge is -2.23. The highest BCUT2D eigenvalue weighted by molar-refractivity contribution is 5.76. The maximum Gasteiger partial charge on any atom is 0.392 e. The summed E-state index contributed by atoms with van der Waals surface area (Å²) in [5.41, 5.74) is 1.15. The van der Waals surface area contributed by atoms with Gasteiger partial charge in [-0.2, -0.15) is 13.2 Å². The summed E-state index contributed by atoms with van der Waals surface area (Å²) in [5.74, 6) is -4.70. The number of benzene rings is 1. The first-order valence-electron chi connectivity index (χ1n) is 6.04. The Morgan fingerprint density at radius 2 is 1.47 bits per heavy atom. The van der Waals surface area contributed by atoms with Gasteiger partial charge in [0.05, 0.1) is 11.8 Å². The van der Waals surface area contributed by atoms with Crippen LogP contribution in [0.15, 0.2) is 24.3 Å². The maximum atomic E-state index is 12.7. The topological polar surface area (TPSA) is 37.3 Å². The van der Waals surface area contributed by atoms with Gasteiger partial charge in [0.25, 0.3) is 0 Å². The van der Waals surface area contributed by atoms with Crippen LogP contribution in [0.25, 0.3) is 0 Å². The van der Waals surface area contributed by atoms with Gasteiger partial charge in [-0.05, 0) is 17.0 Å². The van der Waals surface area contributed by atoms with Gasteiger partial charge in [-0.15, -0.1) is 0 Å². The van der Waals surface area contributed by atoms with Gasteiger partial charge >= 0.3 is 12.1 Å². The number of aliphatic carboxylic acids is 1. The van der Waals surface area contributed by atoms with E-state index >= 15 is 0 Å². The van der Waals surface area contributed by atoms with Crippen LogP contribution in [0, 0.1) is 5.92 Å². The minimum atomic E-state index is -4.53. The molecule has 0 radical (unpaired) electrons. The lowest BCUT2D eigenvalue weighted by atomic mass is 9.86. The Bertz CT molecular complexity index is 435. The van der Waals surface area contributed by atoms with Crippen molar-refractivity contribution in [1.29, 1.82) is 0 Å². The molecule has 0 spiro atoms. The molecule has 0 aromatic heterocycles. The zero-order valence-corrected chi connectivity index (χ0v) is 11.0. The van der Waals surface area contributed by atoms with Gasteiger partial charge in [0.1, 0.15) is 0 Å². The Hall–Kier alpha value is -1.52. The van der Waals surface area contributed by atoms with Crippen molar-refractivity contribution >= 4 is 5.97 Å². The summed E-state index contributed by atoms with van der Waals surface area (Å²) in [7, 11) is 0. The molecular formula is C14H17F3O2. The van der Waals surface area contributed by atoms with E-state index in [9.17, 15) is 18.0 Å². The molecule has 19 heavy (non-hydrogen) atoms. The highest BCUT2D eigenvalue weighted by atomic mass is 19.4. The molecule has 106 valence electrons. The molecule has 0 heterocycles. The van der Waals surface area contributed by atoms with Crippen molar-refractivity contribution in [3.05, 3.63) is 35.4 Å². The Morgan fingerprint density at radius 1 is 1.05 bits per heavy atom. The van der Waals surface area contributed by atoms with Gasteiger partial charge in [-0.3, -0.25) is 4.79 Å². The predicted molar refractivity (Wildman–Crippen MR) is 66.1 cm³/mol. The molecule has 2 unspecified atom stereocenters. The monoisotopic (exact) mass is 274 g/mol. The molecule has 1 aromatic carbocycles. The molecule has 0 bridgehead atoms. The fourth-order valence-corrected chi connectivity index (χ4v) is 1.92. The fraction of sp³-hybridized carbons (Fsp3) is 0.500. The number of carboxylic acids is 1. The first-order valence-corrected chi connectivity index (χ1v) is 6.04. The third kappa shape index (κ3) is 3.72. The van der Waals surface area contributed by atoms with Gasteiger partial charge in [0.15, 0.2) is 0 Å². The number of halogens is 3. The van der Waals surface area contributed by atoms with Crippen LogP contribution in [0.4, 0.5) is 13.2 Å². The van der Waals surface area contributed by atoms with Gasteiger partial charge in [-0.1, -0.05) is 45.0 Å². The second-order valence-corrected chi connectivity index (χ2v) is 4.97. The largest absolute Gasteiger partial charge is 0.481 e. The third-order valence-corrected chi connectivity index (χ3v) is 3.24. The first kappa shape index (κ1) is 15.5. The van der Waals surface area contributed by atoms with E-state index in [1.165, 1.54) is 12.1 Å². The lowest BCUT2D eigenvalue weighted by molar-refractivity contribution is -0.183. The van der Waals surface area contributed by atoms with Crippen LogP contribution in [-0.2, 0) is 4.79 Å². The van der Waals surface area contributed by atoms with Crippen LogP contribution in [0.3, 0.4) is 0 Å². The molecule has 2 atom stereocenters. The lowest BCUT2D eigenvalue weighted by Crippen LogP contribution is -2.31. The molecule has 0 amide bonds. The van der Waals surface area contributed by atoms with Crippen LogP contribution >= 0.6 is 0 Å². The molecular weight excluding hydrogens is 257 g/mol. The van der Waals surface area contributed by atoms with E-state index < -0.39 is 24.0 Å². The Kier molecular flexibility index (Phi) is 4.61. The van der Waals surface area contributed by atoms with Crippen LogP contribution in [0.2, 0.25) is 0 Å². The minimum Gasteiger partial charge on any atom is -0.481 e. The summed E-state index contributed by atoms with van der Waals surface area (Å²) in [4.78, 5) is 11.1. The van der Waals surface area contributed by atoms with E-state index in [1.807, 2.05) is 13.8 Å². The molecule has 0 aliphatic rings. The Labute approximate surface area is 110 Å². The van der Waals surface area contributed by atoms with Crippen molar-refractivity contribution in [3.8, 4) is 0 Å². The Balaban J connectivity index is 3.10. The molecule has 0 fully saturated rings. The van der Waals surface area contributed by atoms with Gasteiger partial charge in [0, 0.05) is 0 Å². The van der Waals surface area contributed by atoms with Crippen molar-refractivity contribution in [2.75, 3.05) is 0 Å². The normalized spacial score (nSPS) is 15.3. The fourth-order valence-electron chi connectivity index (χ4n) is 1.92. The molecule has 0 aliphatic carbocycles. The summed E-state index contributed by atoms with van der Waals surface area (Å²) in [6.45, 7) is 4.82. The number of hydrogen-bond acceptors (Lipinski definition) is 1. The average Bonchev–Trinajstić information content (AvgIpc) is 2.28. The van der Waals surface area contributed by atoms with Crippen molar-refractivity contribution in [1.82, 2.24) is 0 Å². The number of rotatable bonds is 4. The number of carboxylic acid groups (broad SMARTS) is 1. The summed E-state index contributed by atoms with van der Waals surface area (Å²) in [6, 6.07) is 6.30. The van der Waals surface area contributed by atoms with Crippen LogP contribution < -0.4 is 0 Å². The first-order chi connectivity index (χ1) is 8.64. The highest BCUT2D eigenvalue weighted by Crippen LogP contribution is 2.37. The van der Waals surface area contributed by atoms with Gasteiger partial charge in [0.2, 0.25) is 0 Å². The van der Waals surface area contributed by atoms with Crippen molar-refractivity contribution in [2.24, 2.45) is 5.92 Å². The molecule has 1 rings (SSSR count). The number of carbonyl (C=O) groups is 1. The van der Waals surface area contributed by atoms with Crippen molar-refractivity contribution in [2.45, 2.75) is 38.8 Å². The second kappa shape index (κ2) is 5.63. The molecule has 0 saturated heterocycles. The molecule has 0 aliphatic heterocycles.